The lowest BCUT2D eigenvalue weighted by molar-refractivity contribution is -0.114. The monoisotopic (exact) mass is 310 g/mol. The highest BCUT2D eigenvalue weighted by atomic mass is 35.5. The van der Waals surface area contributed by atoms with Crippen LogP contribution in [0.4, 0.5) is 11.4 Å². The van der Waals surface area contributed by atoms with E-state index in [1.54, 1.807) is 24.5 Å². The smallest absolute Gasteiger partial charge is 0.221 e. The Hall–Kier alpha value is -1.72. The van der Waals surface area contributed by atoms with Gasteiger partial charge in [-0.2, -0.15) is 0 Å². The zero-order chi connectivity index (χ0) is 14.5. The number of methoxy groups -OCH3 is 1. The van der Waals surface area contributed by atoms with Gasteiger partial charge >= 0.3 is 0 Å². The Labute approximate surface area is 126 Å². The Morgan fingerprint density at radius 3 is 2.85 bits per heavy atom. The normalized spacial score (nSPS) is 10.2. The summed E-state index contributed by atoms with van der Waals surface area (Å²) >= 11 is 7.56. The molecule has 1 amide bonds. The minimum absolute atomic E-state index is 0.0787. The molecule has 1 aromatic heterocycles. The topological polar surface area (TPSA) is 50.4 Å². The fraction of sp³-hybridized carbons (Fsp3) is 0.214. The van der Waals surface area contributed by atoms with Crippen molar-refractivity contribution in [3.63, 3.8) is 0 Å². The molecule has 2 rings (SSSR count). The first-order valence-corrected chi connectivity index (χ1v) is 7.27. The third-order valence-electron chi connectivity index (χ3n) is 2.66. The standard InChI is InChI=1S/C14H15ClN2O2S/c1-9(18)17-11-5-6-20-14(11)8-16-12-7-10(15)3-4-13(12)19-2/h3-7,16H,8H2,1-2H3,(H,17,18). The quantitative estimate of drug-likeness (QED) is 0.878. The minimum Gasteiger partial charge on any atom is -0.495 e. The maximum atomic E-state index is 11.1. The first kappa shape index (κ1) is 14.7. The molecule has 20 heavy (non-hydrogen) atoms. The Morgan fingerprint density at radius 2 is 2.15 bits per heavy atom. The average molecular weight is 311 g/mol. The number of rotatable bonds is 5. The van der Waals surface area contributed by atoms with E-state index in [1.807, 2.05) is 23.6 Å². The molecule has 0 aliphatic heterocycles. The zero-order valence-corrected chi connectivity index (χ0v) is 12.8. The van der Waals surface area contributed by atoms with E-state index in [0.29, 0.717) is 11.6 Å². The van der Waals surface area contributed by atoms with Gasteiger partial charge in [-0.1, -0.05) is 11.6 Å². The van der Waals surface area contributed by atoms with Gasteiger partial charge in [0.25, 0.3) is 0 Å². The maximum Gasteiger partial charge on any atom is 0.221 e. The molecule has 106 valence electrons. The summed E-state index contributed by atoms with van der Waals surface area (Å²) in [5, 5.41) is 8.66. The van der Waals surface area contributed by atoms with Crippen LogP contribution in [0.1, 0.15) is 11.8 Å². The van der Waals surface area contributed by atoms with Gasteiger partial charge in [-0.25, -0.2) is 0 Å². The van der Waals surface area contributed by atoms with Crippen LogP contribution in [0.3, 0.4) is 0 Å². The van der Waals surface area contributed by atoms with Gasteiger partial charge in [0.05, 0.1) is 25.0 Å². The summed E-state index contributed by atoms with van der Waals surface area (Å²) in [5.41, 5.74) is 1.65. The first-order chi connectivity index (χ1) is 9.60. The van der Waals surface area contributed by atoms with Gasteiger partial charge in [0.1, 0.15) is 5.75 Å². The van der Waals surface area contributed by atoms with Crippen molar-refractivity contribution in [3.05, 3.63) is 39.5 Å². The van der Waals surface area contributed by atoms with Crippen molar-refractivity contribution in [2.75, 3.05) is 17.7 Å². The van der Waals surface area contributed by atoms with Crippen LogP contribution >= 0.6 is 22.9 Å². The third-order valence-corrected chi connectivity index (χ3v) is 3.81. The number of benzene rings is 1. The highest BCUT2D eigenvalue weighted by Crippen LogP contribution is 2.30. The molecule has 0 fully saturated rings. The molecule has 4 nitrogen and oxygen atoms in total. The molecule has 0 radical (unpaired) electrons. The van der Waals surface area contributed by atoms with Crippen LogP contribution < -0.4 is 15.4 Å². The van der Waals surface area contributed by atoms with Gasteiger partial charge < -0.3 is 15.4 Å². The maximum absolute atomic E-state index is 11.1. The predicted molar refractivity (Wildman–Crippen MR) is 84.0 cm³/mol. The number of ether oxygens (including phenoxy) is 1. The number of amides is 1. The van der Waals surface area contributed by atoms with Crippen molar-refractivity contribution < 1.29 is 9.53 Å². The zero-order valence-electron chi connectivity index (χ0n) is 11.2. The van der Waals surface area contributed by atoms with Crippen molar-refractivity contribution >= 4 is 40.2 Å². The molecule has 2 N–H and O–H groups in total. The molecular weight excluding hydrogens is 296 g/mol. The summed E-state index contributed by atoms with van der Waals surface area (Å²) in [4.78, 5) is 12.2. The Balaban J connectivity index is 2.11. The van der Waals surface area contributed by atoms with Crippen LogP contribution in [0.5, 0.6) is 5.75 Å². The van der Waals surface area contributed by atoms with E-state index < -0.39 is 0 Å². The molecule has 0 unspecified atom stereocenters. The van der Waals surface area contributed by atoms with Crippen molar-refractivity contribution in [3.8, 4) is 5.75 Å². The van der Waals surface area contributed by atoms with Crippen LogP contribution in [-0.4, -0.2) is 13.0 Å². The summed E-state index contributed by atoms with van der Waals surface area (Å²) < 4.78 is 5.28. The SMILES string of the molecule is COc1ccc(Cl)cc1NCc1sccc1NC(C)=O. The van der Waals surface area contributed by atoms with Crippen molar-refractivity contribution in [1.82, 2.24) is 0 Å². The van der Waals surface area contributed by atoms with Crippen molar-refractivity contribution in [1.29, 1.82) is 0 Å². The number of hydrogen-bond donors (Lipinski definition) is 2. The van der Waals surface area contributed by atoms with Gasteiger partial charge in [0.2, 0.25) is 5.91 Å². The highest BCUT2D eigenvalue weighted by Gasteiger charge is 2.08. The van der Waals surface area contributed by atoms with Crippen molar-refractivity contribution in [2.24, 2.45) is 0 Å². The molecule has 0 saturated carbocycles. The van der Waals surface area contributed by atoms with Crippen molar-refractivity contribution in [2.45, 2.75) is 13.5 Å². The second-order valence-electron chi connectivity index (χ2n) is 4.14. The number of hydrogen-bond acceptors (Lipinski definition) is 4. The van der Waals surface area contributed by atoms with Gasteiger partial charge in [-0.3, -0.25) is 4.79 Å². The number of carbonyl (C=O) groups is 1. The van der Waals surface area contributed by atoms with E-state index in [9.17, 15) is 4.79 Å². The van der Waals surface area contributed by atoms with Crippen LogP contribution in [0.2, 0.25) is 5.02 Å². The number of carbonyl (C=O) groups excluding carboxylic acids is 1. The first-order valence-electron chi connectivity index (χ1n) is 6.01. The lowest BCUT2D eigenvalue weighted by atomic mass is 10.3. The van der Waals surface area contributed by atoms with Gasteiger partial charge in [-0.05, 0) is 29.6 Å². The Morgan fingerprint density at radius 1 is 1.35 bits per heavy atom. The number of nitrogens with one attached hydrogen (secondary N) is 2. The number of thiophene rings is 1. The van der Waals surface area contributed by atoms with E-state index >= 15 is 0 Å². The minimum atomic E-state index is -0.0787. The van der Waals surface area contributed by atoms with E-state index in [1.165, 1.54) is 6.92 Å². The molecule has 6 heteroatoms. The van der Waals surface area contributed by atoms with Crippen LogP contribution in [0.25, 0.3) is 0 Å². The lowest BCUT2D eigenvalue weighted by Crippen LogP contribution is -2.08. The molecule has 0 spiro atoms. The second kappa shape index (κ2) is 6.63. The van der Waals surface area contributed by atoms with Gasteiger partial charge in [0, 0.05) is 16.8 Å². The summed E-state index contributed by atoms with van der Waals surface area (Å²) in [6.45, 7) is 2.08. The number of anilines is 2. The Kier molecular flexibility index (Phi) is 4.87. The molecule has 0 aliphatic rings. The van der Waals surface area contributed by atoms with Crippen LogP contribution in [0.15, 0.2) is 29.6 Å². The van der Waals surface area contributed by atoms with E-state index in [-0.39, 0.29) is 5.91 Å². The van der Waals surface area contributed by atoms with Gasteiger partial charge in [0.15, 0.2) is 0 Å². The predicted octanol–water partition coefficient (Wildman–Crippen LogP) is 3.98. The summed E-state index contributed by atoms with van der Waals surface area (Å²) in [6, 6.07) is 7.29. The Bertz CT molecular complexity index is 613. The average Bonchev–Trinajstić information content (AvgIpc) is 2.83. The molecule has 2 aromatic rings. The molecule has 0 bridgehead atoms. The summed E-state index contributed by atoms with van der Waals surface area (Å²) in [5.74, 6) is 0.650. The lowest BCUT2D eigenvalue weighted by Gasteiger charge is -2.12. The fourth-order valence-corrected chi connectivity index (χ4v) is 2.71. The number of halogens is 1. The molecule has 0 atom stereocenters. The van der Waals surface area contributed by atoms with Crippen LogP contribution in [-0.2, 0) is 11.3 Å². The molecular formula is C14H15ClN2O2S. The molecule has 1 aromatic carbocycles. The van der Waals surface area contributed by atoms with E-state index in [4.69, 9.17) is 16.3 Å². The third kappa shape index (κ3) is 3.65. The fourth-order valence-electron chi connectivity index (χ4n) is 1.77. The highest BCUT2D eigenvalue weighted by molar-refractivity contribution is 7.10. The second-order valence-corrected chi connectivity index (χ2v) is 5.57. The molecule has 0 saturated heterocycles. The summed E-state index contributed by atoms with van der Waals surface area (Å²) in [7, 11) is 1.61. The molecule has 0 aliphatic carbocycles. The summed E-state index contributed by atoms with van der Waals surface area (Å²) in [6.07, 6.45) is 0. The van der Waals surface area contributed by atoms with Crippen LogP contribution in [0, 0.1) is 0 Å². The largest absolute Gasteiger partial charge is 0.495 e. The van der Waals surface area contributed by atoms with Gasteiger partial charge in [-0.15, -0.1) is 11.3 Å². The molecule has 1 heterocycles. The van der Waals surface area contributed by atoms with E-state index in [0.717, 1.165) is 22.0 Å². The van der Waals surface area contributed by atoms with E-state index in [2.05, 4.69) is 10.6 Å².